The Balaban J connectivity index is 1.83. The van der Waals surface area contributed by atoms with Gasteiger partial charge >= 0.3 is 5.97 Å². The fraction of sp³-hybridized carbons (Fsp3) is 0.294. The smallest absolute Gasteiger partial charge is 0.338 e. The standard InChI is InChI=1S/C17H19NO5/c1-3-21-17(20)13-6-8-14(9-7-13)23-12-16(19)18(2)11-15-5-4-10-22-15/h4-10H,3,11-12H2,1-2H3. The molecule has 23 heavy (non-hydrogen) atoms. The zero-order valence-corrected chi connectivity index (χ0v) is 13.2. The second kappa shape index (κ2) is 8.03. The van der Waals surface area contributed by atoms with Gasteiger partial charge in [0.05, 0.1) is 25.0 Å². The quantitative estimate of drug-likeness (QED) is 0.734. The van der Waals surface area contributed by atoms with Crippen LogP contribution in [0.25, 0.3) is 0 Å². The van der Waals surface area contributed by atoms with Gasteiger partial charge in [-0.25, -0.2) is 4.79 Å². The SMILES string of the molecule is CCOC(=O)c1ccc(OCC(=O)N(C)Cc2ccco2)cc1. The molecule has 1 amide bonds. The second-order valence-corrected chi connectivity index (χ2v) is 4.86. The van der Waals surface area contributed by atoms with Crippen LogP contribution >= 0.6 is 0 Å². The fourth-order valence-corrected chi connectivity index (χ4v) is 1.88. The number of furan rings is 1. The molecule has 0 N–H and O–H groups in total. The van der Waals surface area contributed by atoms with Crippen molar-refractivity contribution in [2.24, 2.45) is 0 Å². The van der Waals surface area contributed by atoms with Crippen molar-refractivity contribution in [2.45, 2.75) is 13.5 Å². The van der Waals surface area contributed by atoms with Crippen molar-refractivity contribution in [1.29, 1.82) is 0 Å². The molecule has 0 atom stereocenters. The van der Waals surface area contributed by atoms with Crippen LogP contribution in [0.5, 0.6) is 5.75 Å². The molecule has 122 valence electrons. The van der Waals surface area contributed by atoms with Gasteiger partial charge in [-0.2, -0.15) is 0 Å². The normalized spacial score (nSPS) is 10.2. The molecule has 0 unspecified atom stereocenters. The highest BCUT2D eigenvalue weighted by molar-refractivity contribution is 5.89. The number of carbonyl (C=O) groups is 2. The number of amides is 1. The number of hydrogen-bond acceptors (Lipinski definition) is 5. The number of ether oxygens (including phenoxy) is 2. The predicted octanol–water partition coefficient (Wildman–Crippen LogP) is 2.49. The van der Waals surface area contributed by atoms with E-state index in [9.17, 15) is 9.59 Å². The lowest BCUT2D eigenvalue weighted by molar-refractivity contribution is -0.132. The number of carbonyl (C=O) groups excluding carboxylic acids is 2. The number of benzene rings is 1. The van der Waals surface area contributed by atoms with Crippen LogP contribution in [0.2, 0.25) is 0 Å². The van der Waals surface area contributed by atoms with Gasteiger partial charge in [-0.3, -0.25) is 4.79 Å². The topological polar surface area (TPSA) is 69.0 Å². The molecule has 1 aromatic carbocycles. The van der Waals surface area contributed by atoms with Gasteiger partial charge in [0.25, 0.3) is 5.91 Å². The van der Waals surface area contributed by atoms with E-state index in [-0.39, 0.29) is 18.5 Å². The van der Waals surface area contributed by atoms with E-state index in [1.165, 1.54) is 4.90 Å². The molecular formula is C17H19NO5. The maximum Gasteiger partial charge on any atom is 0.338 e. The summed E-state index contributed by atoms with van der Waals surface area (Å²) in [5.74, 6) is 0.668. The molecule has 6 heteroatoms. The van der Waals surface area contributed by atoms with Crippen molar-refractivity contribution in [1.82, 2.24) is 4.90 Å². The van der Waals surface area contributed by atoms with E-state index >= 15 is 0 Å². The molecule has 6 nitrogen and oxygen atoms in total. The van der Waals surface area contributed by atoms with Gasteiger partial charge in [-0.15, -0.1) is 0 Å². The lowest BCUT2D eigenvalue weighted by Crippen LogP contribution is -2.30. The highest BCUT2D eigenvalue weighted by Crippen LogP contribution is 2.13. The summed E-state index contributed by atoms with van der Waals surface area (Å²) in [5.41, 5.74) is 0.445. The molecule has 0 aliphatic rings. The zero-order chi connectivity index (χ0) is 16.7. The zero-order valence-electron chi connectivity index (χ0n) is 13.2. The minimum atomic E-state index is -0.381. The van der Waals surface area contributed by atoms with Crippen LogP contribution < -0.4 is 4.74 Å². The Hall–Kier alpha value is -2.76. The molecule has 0 radical (unpaired) electrons. The average Bonchev–Trinajstić information content (AvgIpc) is 3.06. The summed E-state index contributed by atoms with van der Waals surface area (Å²) in [5, 5.41) is 0. The maximum atomic E-state index is 12.0. The van der Waals surface area contributed by atoms with Crippen LogP contribution in [0.3, 0.4) is 0 Å². The first-order valence-electron chi connectivity index (χ1n) is 7.26. The Morgan fingerprint density at radius 1 is 1.17 bits per heavy atom. The number of rotatable bonds is 7. The van der Waals surface area contributed by atoms with E-state index in [4.69, 9.17) is 13.9 Å². The molecule has 0 fully saturated rings. The lowest BCUT2D eigenvalue weighted by atomic mass is 10.2. The Morgan fingerprint density at radius 3 is 2.52 bits per heavy atom. The average molecular weight is 317 g/mol. The Kier molecular flexibility index (Phi) is 5.80. The van der Waals surface area contributed by atoms with Gasteiger partial charge < -0.3 is 18.8 Å². The van der Waals surface area contributed by atoms with Crippen LogP contribution in [0, 0.1) is 0 Å². The lowest BCUT2D eigenvalue weighted by Gasteiger charge is -2.16. The molecule has 0 aliphatic heterocycles. The molecular weight excluding hydrogens is 298 g/mol. The van der Waals surface area contributed by atoms with Gasteiger partial charge in [-0.1, -0.05) is 0 Å². The van der Waals surface area contributed by atoms with E-state index < -0.39 is 0 Å². The first-order valence-corrected chi connectivity index (χ1v) is 7.26. The van der Waals surface area contributed by atoms with Crippen LogP contribution in [0.1, 0.15) is 23.0 Å². The minimum absolute atomic E-state index is 0.0873. The van der Waals surface area contributed by atoms with Crippen LogP contribution in [0.15, 0.2) is 47.1 Å². The molecule has 0 spiro atoms. The third kappa shape index (κ3) is 4.88. The second-order valence-electron chi connectivity index (χ2n) is 4.86. The molecule has 2 aromatic rings. The van der Waals surface area contributed by atoms with E-state index in [1.807, 2.05) is 0 Å². The molecule has 1 aromatic heterocycles. The summed E-state index contributed by atoms with van der Waals surface area (Å²) in [7, 11) is 1.68. The largest absolute Gasteiger partial charge is 0.484 e. The van der Waals surface area contributed by atoms with Gasteiger partial charge in [-0.05, 0) is 43.3 Å². The third-order valence-corrected chi connectivity index (χ3v) is 3.13. The summed E-state index contributed by atoms with van der Waals surface area (Å²) >= 11 is 0. The van der Waals surface area contributed by atoms with Crippen molar-refractivity contribution in [3.05, 3.63) is 54.0 Å². The van der Waals surface area contributed by atoms with Crippen molar-refractivity contribution in [3.8, 4) is 5.75 Å². The first kappa shape index (κ1) is 16.6. The third-order valence-electron chi connectivity index (χ3n) is 3.13. The van der Waals surface area contributed by atoms with E-state index in [0.717, 1.165) is 0 Å². The Morgan fingerprint density at radius 2 is 1.91 bits per heavy atom. The molecule has 0 saturated carbocycles. The summed E-state index contributed by atoms with van der Waals surface area (Å²) in [4.78, 5) is 25.0. The van der Waals surface area contributed by atoms with Crippen LogP contribution in [-0.2, 0) is 16.1 Å². The van der Waals surface area contributed by atoms with E-state index in [2.05, 4.69) is 0 Å². The van der Waals surface area contributed by atoms with Crippen molar-refractivity contribution < 1.29 is 23.5 Å². The van der Waals surface area contributed by atoms with Crippen molar-refractivity contribution >= 4 is 11.9 Å². The van der Waals surface area contributed by atoms with Gasteiger partial charge in [0.15, 0.2) is 6.61 Å². The first-order chi connectivity index (χ1) is 11.1. The molecule has 0 aliphatic carbocycles. The molecule has 1 heterocycles. The van der Waals surface area contributed by atoms with E-state index in [1.54, 1.807) is 56.6 Å². The summed E-state index contributed by atoms with van der Waals surface area (Å²) < 4.78 is 15.5. The fourth-order valence-electron chi connectivity index (χ4n) is 1.88. The summed E-state index contributed by atoms with van der Waals surface area (Å²) in [6, 6.07) is 10.0. The maximum absolute atomic E-state index is 12.0. The van der Waals surface area contributed by atoms with Gasteiger partial charge in [0.1, 0.15) is 11.5 Å². The monoisotopic (exact) mass is 317 g/mol. The number of hydrogen-bond donors (Lipinski definition) is 0. The van der Waals surface area contributed by atoms with Gasteiger partial charge in [0, 0.05) is 7.05 Å². The summed E-state index contributed by atoms with van der Waals surface area (Å²) in [6.45, 7) is 2.38. The highest BCUT2D eigenvalue weighted by atomic mass is 16.5. The summed E-state index contributed by atoms with van der Waals surface area (Å²) in [6.07, 6.45) is 1.56. The highest BCUT2D eigenvalue weighted by Gasteiger charge is 2.12. The van der Waals surface area contributed by atoms with Crippen LogP contribution in [0.4, 0.5) is 0 Å². The minimum Gasteiger partial charge on any atom is -0.484 e. The predicted molar refractivity (Wildman–Crippen MR) is 83.1 cm³/mol. The number of esters is 1. The Bertz CT molecular complexity index is 634. The van der Waals surface area contributed by atoms with Crippen molar-refractivity contribution in [3.63, 3.8) is 0 Å². The van der Waals surface area contributed by atoms with Gasteiger partial charge in [0.2, 0.25) is 0 Å². The number of nitrogens with zero attached hydrogens (tertiary/aromatic N) is 1. The van der Waals surface area contributed by atoms with Crippen LogP contribution in [-0.4, -0.2) is 37.0 Å². The van der Waals surface area contributed by atoms with E-state index in [0.29, 0.717) is 30.2 Å². The van der Waals surface area contributed by atoms with Crippen molar-refractivity contribution in [2.75, 3.05) is 20.3 Å². The molecule has 2 rings (SSSR count). The number of likely N-dealkylation sites (N-methyl/N-ethyl adjacent to an activating group) is 1. The molecule has 0 saturated heterocycles. The molecule has 0 bridgehead atoms. The Labute approximate surface area is 134 Å².